The normalized spacial score (nSPS) is 20.7. The molecule has 4 saturated heterocycles. The minimum absolute atomic E-state index is 0.0493. The zero-order valence-electron chi connectivity index (χ0n) is 53.1. The number of hydrogen-bond donors (Lipinski definition) is 3. The number of likely N-dealkylation sites (tertiary alicyclic amines) is 1. The fourth-order valence-electron chi connectivity index (χ4n) is 14.1. The van der Waals surface area contributed by atoms with Crippen LogP contribution in [0.1, 0.15) is 157 Å². The fraction of sp³-hybridized carbons (Fsp3) is 0.687. The van der Waals surface area contributed by atoms with Crippen LogP contribution >= 0.6 is 0 Å². The number of nitrogens with zero attached hydrogens (tertiary/aromatic N) is 9. The summed E-state index contributed by atoms with van der Waals surface area (Å²) in [6, 6.07) is 9.45. The number of aliphatic hydroxyl groups is 1. The van der Waals surface area contributed by atoms with Crippen molar-refractivity contribution in [3.05, 3.63) is 91.3 Å². The Bertz CT molecular complexity index is 2690. The van der Waals surface area contributed by atoms with Gasteiger partial charge in [0.1, 0.15) is 22.2 Å². The zero-order chi connectivity index (χ0) is 60.8. The van der Waals surface area contributed by atoms with Gasteiger partial charge in [-0.05, 0) is 170 Å². The smallest absolute Gasteiger partial charge is 0.390 e. The number of halogens is 3. The predicted octanol–water partition coefficient (Wildman–Crippen LogP) is 12.0. The molecule has 3 N–H and O–H groups in total. The summed E-state index contributed by atoms with van der Waals surface area (Å²) in [5.74, 6) is 2.17. The van der Waals surface area contributed by atoms with Gasteiger partial charge in [-0.1, -0.05) is 67.4 Å². The number of hydrogen-bond acceptors (Lipinski definition) is 11. The lowest BCUT2D eigenvalue weighted by Gasteiger charge is -2.47. The molecular weight excluding hydrogens is 1050 g/mol. The van der Waals surface area contributed by atoms with Crippen LogP contribution in [0.4, 0.5) is 24.5 Å². The average Bonchev–Trinajstić information content (AvgIpc) is 2.89. The molecule has 1 aromatic carbocycles. The molecule has 460 valence electrons. The van der Waals surface area contributed by atoms with Gasteiger partial charge >= 0.3 is 6.18 Å². The van der Waals surface area contributed by atoms with Crippen LogP contribution in [0.2, 0.25) is 0 Å². The number of pyridine rings is 1. The van der Waals surface area contributed by atoms with Crippen LogP contribution in [0.15, 0.2) is 80.1 Å². The number of piperidine rings is 1. The largest absolute Gasteiger partial charge is 0.406 e. The Hall–Kier alpha value is -4.57. The maximum atomic E-state index is 14.5. The summed E-state index contributed by atoms with van der Waals surface area (Å²) in [6.07, 6.45) is 13.9. The lowest BCUT2D eigenvalue weighted by atomic mass is 9.71. The van der Waals surface area contributed by atoms with Crippen molar-refractivity contribution in [3.63, 3.8) is 0 Å². The van der Waals surface area contributed by atoms with E-state index in [4.69, 9.17) is 20.7 Å². The highest BCUT2D eigenvalue weighted by Crippen LogP contribution is 2.45. The van der Waals surface area contributed by atoms with E-state index in [1.54, 1.807) is 9.47 Å². The molecule has 17 heteroatoms. The van der Waals surface area contributed by atoms with E-state index in [-0.39, 0.29) is 29.5 Å². The number of rotatable bonds is 26. The van der Waals surface area contributed by atoms with E-state index in [2.05, 4.69) is 141 Å². The monoisotopic (exact) mass is 1160 g/mol. The van der Waals surface area contributed by atoms with E-state index in [0.717, 1.165) is 175 Å². The van der Waals surface area contributed by atoms with E-state index < -0.39 is 18.2 Å². The molecule has 4 unspecified atom stereocenters. The summed E-state index contributed by atoms with van der Waals surface area (Å²) in [6.45, 7) is 47.2. The first-order chi connectivity index (χ1) is 39.8. The van der Waals surface area contributed by atoms with Gasteiger partial charge in [0, 0.05) is 118 Å². The molecule has 3 aromatic rings. The molecule has 6 aliphatic rings. The van der Waals surface area contributed by atoms with Gasteiger partial charge in [-0.2, -0.15) is 13.2 Å². The van der Waals surface area contributed by atoms with Crippen LogP contribution in [-0.4, -0.2) is 169 Å². The van der Waals surface area contributed by atoms with Crippen LogP contribution in [-0.2, 0) is 13.0 Å². The summed E-state index contributed by atoms with van der Waals surface area (Å²) >= 11 is 0. The Morgan fingerprint density at radius 2 is 1.55 bits per heavy atom. The van der Waals surface area contributed by atoms with E-state index in [0.29, 0.717) is 41.2 Å². The van der Waals surface area contributed by atoms with Crippen molar-refractivity contribution in [2.24, 2.45) is 23.2 Å². The first kappa shape index (κ1) is 65.4. The maximum Gasteiger partial charge on any atom is 0.406 e. The van der Waals surface area contributed by atoms with Gasteiger partial charge in [0.25, 0.3) is 0 Å². The number of aromatic nitrogens is 2. The number of benzene rings is 1. The van der Waals surface area contributed by atoms with Crippen molar-refractivity contribution in [1.29, 1.82) is 0 Å². The second kappa shape index (κ2) is 28.1. The third kappa shape index (κ3) is 16.5. The van der Waals surface area contributed by atoms with Crippen molar-refractivity contribution in [3.8, 4) is 11.3 Å². The fourth-order valence-corrected chi connectivity index (χ4v) is 14.1. The molecule has 12 nitrogen and oxygen atoms in total. The number of piperazine rings is 1. The molecule has 0 spiro atoms. The van der Waals surface area contributed by atoms with E-state index in [1.165, 1.54) is 32.1 Å². The minimum Gasteiger partial charge on any atom is -0.390 e. The molecule has 4 aliphatic heterocycles. The summed E-state index contributed by atoms with van der Waals surface area (Å²) in [5, 5.41) is 17.4. The van der Waals surface area contributed by atoms with Gasteiger partial charge in [-0.3, -0.25) is 14.8 Å². The van der Waals surface area contributed by atoms with Crippen molar-refractivity contribution < 1.29 is 18.3 Å². The lowest BCUT2D eigenvalue weighted by molar-refractivity contribution is -0.139. The number of nitrogens with one attached hydrogen (secondary N) is 2. The Morgan fingerprint density at radius 3 is 2.13 bits per heavy atom. The quantitative estimate of drug-likeness (QED) is 0.0408. The maximum absolute atomic E-state index is 14.5. The van der Waals surface area contributed by atoms with Crippen molar-refractivity contribution in [1.82, 2.24) is 44.9 Å². The topological polar surface area (TPSA) is 84.8 Å². The summed E-state index contributed by atoms with van der Waals surface area (Å²) in [5.41, 5.74) is 9.67. The second-order valence-corrected chi connectivity index (χ2v) is 27.2. The molecule has 84 heavy (non-hydrogen) atoms. The molecule has 0 bridgehead atoms. The lowest BCUT2D eigenvalue weighted by Crippen LogP contribution is -2.57. The van der Waals surface area contributed by atoms with Crippen molar-refractivity contribution >= 4 is 38.0 Å². The third-order valence-electron chi connectivity index (χ3n) is 19.0. The van der Waals surface area contributed by atoms with Gasteiger partial charge in [0.2, 0.25) is 0 Å². The summed E-state index contributed by atoms with van der Waals surface area (Å²) in [4.78, 5) is 18.9. The first-order valence-electron chi connectivity index (χ1n) is 32.3. The number of anilines is 2. The minimum atomic E-state index is -4.37. The van der Waals surface area contributed by atoms with Gasteiger partial charge < -0.3 is 39.6 Å². The number of allylic oxidation sites excluding steroid dienone is 1. The number of fused-ring (bicyclic) bond motifs is 1. The van der Waals surface area contributed by atoms with Crippen molar-refractivity contribution in [2.75, 3.05) is 88.3 Å². The Kier molecular flexibility index (Phi) is 21.9. The van der Waals surface area contributed by atoms with Crippen LogP contribution in [0, 0.1) is 23.2 Å². The highest BCUT2D eigenvalue weighted by atomic mass is 19.4. The SMILES string of the molecule is C=CCCC(C)(C)Cc1c(-c2cc(N3CCN(C4CC4)CC3)cnc2C(C)C)n(CC(F)(F)F)c2ccc(N3CCCCC3)cc12.[B]C([B])(O)N(C(=C)N(CC)CC1CCN(C(C(=C)NC(C)C(=C)N2CCCCN2)C(C)C)C1)C(C)C1CC1. The van der Waals surface area contributed by atoms with E-state index >= 15 is 0 Å². The van der Waals surface area contributed by atoms with Crippen LogP contribution < -0.4 is 20.5 Å². The molecule has 4 atom stereocenters. The molecule has 4 radical (unpaired) electrons. The number of alkyl halides is 3. The van der Waals surface area contributed by atoms with E-state index in [9.17, 15) is 18.3 Å². The van der Waals surface area contributed by atoms with Gasteiger partial charge in [-0.25, -0.2) is 5.43 Å². The molecule has 2 aliphatic carbocycles. The highest BCUT2D eigenvalue weighted by molar-refractivity contribution is 6.38. The predicted molar refractivity (Wildman–Crippen MR) is 345 cm³/mol. The summed E-state index contributed by atoms with van der Waals surface area (Å²) < 4.78 is 45.1. The molecule has 6 heterocycles. The first-order valence-corrected chi connectivity index (χ1v) is 32.3. The summed E-state index contributed by atoms with van der Waals surface area (Å²) in [7, 11) is 12.0. The highest BCUT2D eigenvalue weighted by Gasteiger charge is 2.41. The Morgan fingerprint density at radius 1 is 0.869 bits per heavy atom. The Labute approximate surface area is 507 Å². The van der Waals surface area contributed by atoms with Gasteiger partial charge in [0.05, 0.1) is 46.7 Å². The molecule has 9 rings (SSSR count). The molecule has 6 fully saturated rings. The van der Waals surface area contributed by atoms with E-state index in [1.807, 2.05) is 24.4 Å². The van der Waals surface area contributed by atoms with Crippen LogP contribution in [0.25, 0.3) is 22.2 Å². The van der Waals surface area contributed by atoms with Crippen LogP contribution in [0.5, 0.6) is 0 Å². The zero-order valence-corrected chi connectivity index (χ0v) is 53.1. The molecule has 2 saturated carbocycles. The molecule has 0 amide bonds. The van der Waals surface area contributed by atoms with Crippen molar-refractivity contribution in [2.45, 2.75) is 194 Å². The van der Waals surface area contributed by atoms with Crippen LogP contribution in [0.3, 0.4) is 0 Å². The average molecular weight is 1160 g/mol. The second-order valence-electron chi connectivity index (χ2n) is 27.2. The number of hydrazine groups is 1. The Balaban J connectivity index is 0.000000224. The molecular formula is C67H104B2F3N11O. The third-order valence-corrected chi connectivity index (χ3v) is 19.0. The van der Waals surface area contributed by atoms with Gasteiger partial charge in [0.15, 0.2) is 0 Å². The standard InChI is InChI=1S/C38H52F3N5.C29H52B2N6O/c1-6-7-15-37(4,5)24-33-31-22-29(43-16-9-8-10-17-43)13-14-34(31)46(26-38(39,40)41)36(33)32-23-30(25-42-35(32)27(2)3)45-20-18-44(19-21-45)28-11-12-28;1-9-34(25(8)37(29(30,31)38)24(7)27-12-13-27)18-26-14-17-35(19-26)28(20(2)3)22(5)33-21(4)23(6)36-16-11-10-15-32-36/h6,13-14,22-23,25,27-28H,1,7-12,15-21,24,26H2,2-5H3;20-21,24,26-28,32-33,38H,5-6,8-19H2,1-4,7H3. The van der Waals surface area contributed by atoms with Gasteiger partial charge in [-0.15, -0.1) is 6.58 Å². The molecule has 2 aromatic heterocycles.